The normalized spacial score (nSPS) is 13.1. The Morgan fingerprint density at radius 1 is 0.970 bits per heavy atom. The predicted octanol–water partition coefficient (Wildman–Crippen LogP) is 5.25. The van der Waals surface area contributed by atoms with Gasteiger partial charge in [0, 0.05) is 30.0 Å². The topological polar surface area (TPSA) is 58.1 Å². The summed E-state index contributed by atoms with van der Waals surface area (Å²) in [6.07, 6.45) is 0.972. The van der Waals surface area contributed by atoms with E-state index in [0.717, 1.165) is 41.0 Å². The molecule has 1 aliphatic rings. The molecular formula is C26H23ClN4OS. The number of nitrogens with one attached hydrogen (secondary N) is 1. The van der Waals surface area contributed by atoms with Crippen molar-refractivity contribution in [3.8, 4) is 0 Å². The third-order valence-corrected chi connectivity index (χ3v) is 7.10. The molecule has 5 nitrogen and oxygen atoms in total. The van der Waals surface area contributed by atoms with Gasteiger partial charge in [0.2, 0.25) is 11.9 Å². The first-order valence-corrected chi connectivity index (χ1v) is 12.2. The fraction of sp³-hybridized carbons (Fsp3) is 0.192. The molecule has 0 aliphatic carbocycles. The van der Waals surface area contributed by atoms with Crippen LogP contribution in [0.5, 0.6) is 0 Å². The average molecular weight is 475 g/mol. The van der Waals surface area contributed by atoms with E-state index in [4.69, 9.17) is 21.6 Å². The van der Waals surface area contributed by atoms with Crippen LogP contribution >= 0.6 is 23.4 Å². The summed E-state index contributed by atoms with van der Waals surface area (Å²) in [6.45, 7) is 2.07. The van der Waals surface area contributed by atoms with Crippen LogP contribution in [0.4, 0.5) is 5.95 Å². The number of nitrogens with zero attached hydrogens (tertiary/aromatic N) is 3. The van der Waals surface area contributed by atoms with E-state index in [2.05, 4.69) is 34.5 Å². The van der Waals surface area contributed by atoms with Gasteiger partial charge in [-0.1, -0.05) is 84.0 Å². The van der Waals surface area contributed by atoms with Crippen molar-refractivity contribution < 1.29 is 4.79 Å². The van der Waals surface area contributed by atoms with Crippen LogP contribution in [0.25, 0.3) is 10.9 Å². The van der Waals surface area contributed by atoms with Gasteiger partial charge in [-0.15, -0.1) is 0 Å². The Kier molecular flexibility index (Phi) is 6.46. The number of carbonyl (C=O) groups excluding carboxylic acids is 1. The molecule has 0 saturated heterocycles. The van der Waals surface area contributed by atoms with Gasteiger partial charge < -0.3 is 10.2 Å². The van der Waals surface area contributed by atoms with Crippen molar-refractivity contribution in [2.45, 2.75) is 24.5 Å². The highest BCUT2D eigenvalue weighted by Crippen LogP contribution is 2.29. The van der Waals surface area contributed by atoms with Crippen LogP contribution in [0, 0.1) is 0 Å². The molecule has 0 atom stereocenters. The number of hydrogen-bond acceptors (Lipinski definition) is 5. The lowest BCUT2D eigenvalue weighted by Crippen LogP contribution is -2.31. The molecule has 0 saturated carbocycles. The minimum atomic E-state index is -0.0592. The number of amides is 1. The van der Waals surface area contributed by atoms with E-state index in [9.17, 15) is 4.79 Å². The second kappa shape index (κ2) is 9.81. The molecular weight excluding hydrogens is 452 g/mol. The maximum atomic E-state index is 12.5. The molecule has 1 aliphatic heterocycles. The second-order valence-corrected chi connectivity index (χ2v) is 9.31. The van der Waals surface area contributed by atoms with Gasteiger partial charge in [0.25, 0.3) is 0 Å². The van der Waals surface area contributed by atoms with E-state index >= 15 is 0 Å². The third-order valence-electron chi connectivity index (χ3n) is 5.74. The first-order chi connectivity index (χ1) is 16.2. The summed E-state index contributed by atoms with van der Waals surface area (Å²) < 4.78 is 0. The van der Waals surface area contributed by atoms with Gasteiger partial charge in [0.15, 0.2) is 0 Å². The van der Waals surface area contributed by atoms with Crippen LogP contribution < -0.4 is 10.2 Å². The SMILES string of the molecule is O=C(CSc1nc(N2CCc3ccccc3C2)nc2ccccc12)NCc1ccccc1Cl. The van der Waals surface area contributed by atoms with Crippen molar-refractivity contribution in [2.24, 2.45) is 0 Å². The van der Waals surface area contributed by atoms with E-state index in [1.165, 1.54) is 22.9 Å². The van der Waals surface area contributed by atoms with Gasteiger partial charge >= 0.3 is 0 Å². The number of anilines is 1. The molecule has 33 heavy (non-hydrogen) atoms. The Balaban J connectivity index is 1.32. The minimum absolute atomic E-state index is 0.0592. The Hall–Kier alpha value is -3.09. The first kappa shape index (κ1) is 21.7. The zero-order valence-corrected chi connectivity index (χ0v) is 19.6. The lowest BCUT2D eigenvalue weighted by Gasteiger charge is -2.29. The summed E-state index contributed by atoms with van der Waals surface area (Å²) in [5.74, 6) is 0.923. The summed E-state index contributed by atoms with van der Waals surface area (Å²) in [5.41, 5.74) is 4.49. The predicted molar refractivity (Wildman–Crippen MR) is 135 cm³/mol. The summed E-state index contributed by atoms with van der Waals surface area (Å²) in [4.78, 5) is 24.5. The van der Waals surface area contributed by atoms with Crippen molar-refractivity contribution >= 4 is 46.1 Å². The quantitative estimate of drug-likeness (QED) is 0.305. The van der Waals surface area contributed by atoms with Gasteiger partial charge in [-0.3, -0.25) is 4.79 Å². The molecule has 2 heterocycles. The molecule has 0 unspecified atom stereocenters. The molecule has 4 aromatic rings. The Bertz CT molecular complexity index is 1310. The fourth-order valence-corrected chi connectivity index (χ4v) is 5.02. The Morgan fingerprint density at radius 2 is 1.73 bits per heavy atom. The Morgan fingerprint density at radius 3 is 2.61 bits per heavy atom. The van der Waals surface area contributed by atoms with E-state index < -0.39 is 0 Å². The van der Waals surface area contributed by atoms with Crippen molar-refractivity contribution in [2.75, 3.05) is 17.2 Å². The van der Waals surface area contributed by atoms with Crippen molar-refractivity contribution in [1.29, 1.82) is 0 Å². The molecule has 7 heteroatoms. The molecule has 166 valence electrons. The van der Waals surface area contributed by atoms with Crippen molar-refractivity contribution in [3.05, 3.63) is 94.5 Å². The number of halogens is 1. The highest BCUT2D eigenvalue weighted by atomic mass is 35.5. The van der Waals surface area contributed by atoms with Gasteiger partial charge in [0.05, 0.1) is 11.3 Å². The van der Waals surface area contributed by atoms with E-state index in [1.54, 1.807) is 0 Å². The maximum absolute atomic E-state index is 12.5. The highest BCUT2D eigenvalue weighted by molar-refractivity contribution is 8.00. The largest absolute Gasteiger partial charge is 0.351 e. The average Bonchev–Trinajstić information content (AvgIpc) is 2.86. The standard InChI is InChI=1S/C26H23ClN4OS/c27-22-11-5-3-8-19(22)15-28-24(32)17-33-25-21-10-4-6-12-23(21)29-26(30-25)31-14-13-18-7-1-2-9-20(18)16-31/h1-12H,13-17H2,(H,28,32). The number of aromatic nitrogens is 2. The number of para-hydroxylation sites is 1. The van der Waals surface area contributed by atoms with Crippen LogP contribution in [0.3, 0.4) is 0 Å². The molecule has 0 bridgehead atoms. The molecule has 3 aromatic carbocycles. The Labute approximate surface area is 202 Å². The monoisotopic (exact) mass is 474 g/mol. The first-order valence-electron chi connectivity index (χ1n) is 10.9. The van der Waals surface area contributed by atoms with Gasteiger partial charge in [-0.05, 0) is 35.2 Å². The summed E-state index contributed by atoms with van der Waals surface area (Å²) in [7, 11) is 0. The fourth-order valence-electron chi connectivity index (χ4n) is 3.97. The molecule has 1 amide bonds. The summed E-state index contributed by atoms with van der Waals surface area (Å²) in [5, 5.41) is 5.38. The van der Waals surface area contributed by atoms with Crippen molar-refractivity contribution in [3.63, 3.8) is 0 Å². The van der Waals surface area contributed by atoms with Crippen molar-refractivity contribution in [1.82, 2.24) is 15.3 Å². The van der Waals surface area contributed by atoms with E-state index in [1.807, 2.05) is 48.5 Å². The number of benzene rings is 3. The molecule has 5 rings (SSSR count). The van der Waals surface area contributed by atoms with E-state index in [0.29, 0.717) is 17.5 Å². The lowest BCUT2D eigenvalue weighted by molar-refractivity contribution is -0.118. The molecule has 0 radical (unpaired) electrons. The maximum Gasteiger partial charge on any atom is 0.230 e. The third kappa shape index (κ3) is 4.97. The summed E-state index contributed by atoms with van der Waals surface area (Å²) >= 11 is 7.63. The zero-order valence-electron chi connectivity index (χ0n) is 18.0. The minimum Gasteiger partial charge on any atom is -0.351 e. The zero-order chi connectivity index (χ0) is 22.6. The van der Waals surface area contributed by atoms with Gasteiger partial charge in [-0.2, -0.15) is 0 Å². The van der Waals surface area contributed by atoms with Gasteiger partial charge in [0.1, 0.15) is 5.03 Å². The number of carbonyl (C=O) groups is 1. The van der Waals surface area contributed by atoms with Crippen LogP contribution in [0.15, 0.2) is 77.8 Å². The van der Waals surface area contributed by atoms with Crippen LogP contribution in [-0.2, 0) is 24.3 Å². The molecule has 0 fully saturated rings. The smallest absolute Gasteiger partial charge is 0.230 e. The number of hydrogen-bond donors (Lipinski definition) is 1. The number of fused-ring (bicyclic) bond motifs is 2. The molecule has 0 spiro atoms. The highest BCUT2D eigenvalue weighted by Gasteiger charge is 2.20. The summed E-state index contributed by atoms with van der Waals surface area (Å²) in [6, 6.07) is 24.0. The molecule has 1 aromatic heterocycles. The van der Waals surface area contributed by atoms with Crippen LogP contribution in [-0.4, -0.2) is 28.2 Å². The van der Waals surface area contributed by atoms with E-state index in [-0.39, 0.29) is 11.7 Å². The lowest BCUT2D eigenvalue weighted by atomic mass is 10.0. The van der Waals surface area contributed by atoms with Gasteiger partial charge in [-0.25, -0.2) is 9.97 Å². The number of rotatable bonds is 6. The second-order valence-electron chi connectivity index (χ2n) is 7.94. The molecule has 1 N–H and O–H groups in total. The van der Waals surface area contributed by atoms with Crippen LogP contribution in [0.2, 0.25) is 5.02 Å². The number of thioether (sulfide) groups is 1. The van der Waals surface area contributed by atoms with Crippen LogP contribution in [0.1, 0.15) is 16.7 Å².